The van der Waals surface area contributed by atoms with Gasteiger partial charge in [0, 0.05) is 14.0 Å². The van der Waals surface area contributed by atoms with Crippen LogP contribution in [0.25, 0.3) is 11.0 Å². The lowest BCUT2D eigenvalue weighted by atomic mass is 10.3. The third-order valence-electron chi connectivity index (χ3n) is 2.34. The lowest BCUT2D eigenvalue weighted by Crippen LogP contribution is -2.26. The Bertz CT molecular complexity index is 689. The summed E-state index contributed by atoms with van der Waals surface area (Å²) in [6.07, 6.45) is 0.925. The van der Waals surface area contributed by atoms with E-state index in [-0.39, 0.29) is 0 Å². The molecule has 0 spiro atoms. The number of rotatable bonds is 1. The number of hydrogen-bond donors (Lipinski definition) is 1. The van der Waals surface area contributed by atoms with Crippen LogP contribution in [-0.2, 0) is 21.9 Å². The zero-order chi connectivity index (χ0) is 14.6. The van der Waals surface area contributed by atoms with Gasteiger partial charge in [-0.2, -0.15) is 0 Å². The van der Waals surface area contributed by atoms with Crippen LogP contribution in [0.2, 0.25) is 0 Å². The summed E-state index contributed by atoms with van der Waals surface area (Å²) in [5, 5.41) is 0. The van der Waals surface area contributed by atoms with Crippen molar-refractivity contribution < 1.29 is 13.2 Å². The first-order valence-corrected chi connectivity index (χ1v) is 7.46. The number of hydrogen-bond acceptors (Lipinski definition) is 4. The van der Waals surface area contributed by atoms with E-state index in [9.17, 15) is 13.2 Å². The molecule has 0 aliphatic heterocycles. The highest BCUT2D eigenvalue weighted by Gasteiger charge is 2.00. The lowest BCUT2D eigenvalue weighted by molar-refractivity contribution is -0.117. The molecule has 0 radical (unpaired) electrons. The molecule has 2 rings (SSSR count). The van der Waals surface area contributed by atoms with Crippen LogP contribution in [0.5, 0.6) is 0 Å². The molecule has 7 heteroatoms. The lowest BCUT2D eigenvalue weighted by Gasteiger charge is -1.93. The van der Waals surface area contributed by atoms with E-state index in [0.717, 1.165) is 24.5 Å². The van der Waals surface area contributed by atoms with Crippen LogP contribution in [0, 0.1) is 6.92 Å². The van der Waals surface area contributed by atoms with Gasteiger partial charge in [-0.15, -0.1) is 0 Å². The predicted octanol–water partition coefficient (Wildman–Crippen LogP) is 0.964. The molecule has 0 bridgehead atoms. The Morgan fingerprint density at radius 3 is 2.32 bits per heavy atom. The standard InChI is InChI=1S/C9H10N2.C3H7NO3S/c1-7-10-8-5-3-4-6-9(8)11(7)2;1-3(5)4-8(2,6)7/h3-6H,1-2H3;1-2H3,(H,4,5). The Labute approximate surface area is 112 Å². The molecule has 2 aromatic rings. The van der Waals surface area contributed by atoms with Crippen molar-refractivity contribution in [2.24, 2.45) is 7.05 Å². The molecule has 0 atom stereocenters. The van der Waals surface area contributed by atoms with E-state index >= 15 is 0 Å². The van der Waals surface area contributed by atoms with Crippen molar-refractivity contribution in [3.8, 4) is 0 Å². The number of para-hydroxylation sites is 2. The largest absolute Gasteiger partial charge is 0.331 e. The number of carbonyl (C=O) groups is 1. The fourth-order valence-electron chi connectivity index (χ4n) is 1.53. The van der Waals surface area contributed by atoms with Crippen molar-refractivity contribution in [3.63, 3.8) is 0 Å². The van der Waals surface area contributed by atoms with Crippen LogP contribution in [0.4, 0.5) is 0 Å². The fourth-order valence-corrected chi connectivity index (χ4v) is 2.05. The number of nitrogens with zero attached hydrogens (tertiary/aromatic N) is 2. The molecule has 19 heavy (non-hydrogen) atoms. The average molecular weight is 283 g/mol. The number of aromatic nitrogens is 2. The van der Waals surface area contributed by atoms with E-state index in [1.807, 2.05) is 32.2 Å². The highest BCUT2D eigenvalue weighted by molar-refractivity contribution is 7.89. The van der Waals surface area contributed by atoms with E-state index < -0.39 is 15.9 Å². The molecule has 0 saturated carbocycles. The van der Waals surface area contributed by atoms with Crippen LogP contribution in [-0.4, -0.2) is 30.1 Å². The molecule has 6 nitrogen and oxygen atoms in total. The van der Waals surface area contributed by atoms with Crippen LogP contribution < -0.4 is 4.72 Å². The number of nitrogens with one attached hydrogen (secondary N) is 1. The van der Waals surface area contributed by atoms with Crippen molar-refractivity contribution in [2.75, 3.05) is 6.26 Å². The summed E-state index contributed by atoms with van der Waals surface area (Å²) in [5.41, 5.74) is 2.28. The van der Waals surface area contributed by atoms with Crippen molar-refractivity contribution in [1.29, 1.82) is 0 Å². The number of benzene rings is 1. The molecule has 0 aliphatic carbocycles. The number of amides is 1. The van der Waals surface area contributed by atoms with Crippen LogP contribution in [0.1, 0.15) is 12.7 Å². The van der Waals surface area contributed by atoms with E-state index in [4.69, 9.17) is 0 Å². The zero-order valence-corrected chi connectivity index (χ0v) is 12.2. The summed E-state index contributed by atoms with van der Waals surface area (Å²) in [6.45, 7) is 3.15. The molecular formula is C12H17N3O3S. The maximum absolute atomic E-state index is 10.1. The Hall–Kier alpha value is -1.89. The van der Waals surface area contributed by atoms with Gasteiger partial charge in [-0.3, -0.25) is 9.52 Å². The highest BCUT2D eigenvalue weighted by Crippen LogP contribution is 2.12. The summed E-state index contributed by atoms with van der Waals surface area (Å²) in [7, 11) is -1.29. The number of imidazole rings is 1. The smallest absolute Gasteiger partial charge is 0.231 e. The minimum Gasteiger partial charge on any atom is -0.331 e. The van der Waals surface area contributed by atoms with Crippen molar-refractivity contribution in [3.05, 3.63) is 30.1 Å². The normalized spacial score (nSPS) is 10.7. The number of sulfonamides is 1. The van der Waals surface area contributed by atoms with Gasteiger partial charge < -0.3 is 4.57 Å². The van der Waals surface area contributed by atoms with Crippen LogP contribution in [0.3, 0.4) is 0 Å². The fraction of sp³-hybridized carbons (Fsp3) is 0.333. The van der Waals surface area contributed by atoms with Gasteiger partial charge in [0.25, 0.3) is 0 Å². The Morgan fingerprint density at radius 1 is 1.32 bits per heavy atom. The molecule has 0 fully saturated rings. The number of aryl methyl sites for hydroxylation is 2. The third kappa shape index (κ3) is 4.70. The summed E-state index contributed by atoms with van der Waals surface area (Å²) >= 11 is 0. The van der Waals surface area contributed by atoms with Gasteiger partial charge in [-0.25, -0.2) is 13.4 Å². The Morgan fingerprint density at radius 2 is 1.89 bits per heavy atom. The molecule has 1 aromatic carbocycles. The SMILES string of the molecule is CC(=O)NS(C)(=O)=O.Cc1nc2ccccc2n1C. The predicted molar refractivity (Wildman–Crippen MR) is 74.1 cm³/mol. The van der Waals surface area contributed by atoms with Gasteiger partial charge in [0.15, 0.2) is 0 Å². The van der Waals surface area contributed by atoms with Gasteiger partial charge in [-0.1, -0.05) is 12.1 Å². The molecule has 1 N–H and O–H groups in total. The third-order valence-corrected chi connectivity index (χ3v) is 3.00. The van der Waals surface area contributed by atoms with Crippen molar-refractivity contribution >= 4 is 27.0 Å². The molecule has 1 aromatic heterocycles. The minimum atomic E-state index is -3.32. The Balaban J connectivity index is 0.000000203. The molecule has 0 aliphatic rings. The van der Waals surface area contributed by atoms with Gasteiger partial charge in [0.2, 0.25) is 15.9 Å². The van der Waals surface area contributed by atoms with Gasteiger partial charge in [0.05, 0.1) is 17.3 Å². The van der Waals surface area contributed by atoms with E-state index in [2.05, 4.69) is 15.6 Å². The summed E-state index contributed by atoms with van der Waals surface area (Å²) in [5.74, 6) is 0.499. The molecular weight excluding hydrogens is 266 g/mol. The molecule has 0 saturated heterocycles. The molecule has 1 heterocycles. The van der Waals surface area contributed by atoms with Crippen LogP contribution >= 0.6 is 0 Å². The van der Waals surface area contributed by atoms with E-state index in [1.54, 1.807) is 4.72 Å². The summed E-state index contributed by atoms with van der Waals surface area (Å²) < 4.78 is 24.0. The van der Waals surface area contributed by atoms with Gasteiger partial charge in [-0.05, 0) is 19.1 Å². The summed E-state index contributed by atoms with van der Waals surface area (Å²) in [4.78, 5) is 14.3. The van der Waals surface area contributed by atoms with E-state index in [0.29, 0.717) is 0 Å². The monoisotopic (exact) mass is 283 g/mol. The van der Waals surface area contributed by atoms with E-state index in [1.165, 1.54) is 5.52 Å². The average Bonchev–Trinajstić information content (AvgIpc) is 2.53. The first kappa shape index (κ1) is 15.2. The Kier molecular flexibility index (Phi) is 4.66. The molecule has 104 valence electrons. The van der Waals surface area contributed by atoms with Gasteiger partial charge in [0.1, 0.15) is 5.82 Å². The minimum absolute atomic E-state index is 0.562. The van der Waals surface area contributed by atoms with Crippen LogP contribution in [0.15, 0.2) is 24.3 Å². The zero-order valence-electron chi connectivity index (χ0n) is 11.3. The number of fused-ring (bicyclic) bond motifs is 1. The quantitative estimate of drug-likeness (QED) is 0.845. The molecule has 1 amide bonds. The molecule has 0 unspecified atom stereocenters. The second kappa shape index (κ2) is 5.83. The summed E-state index contributed by atoms with van der Waals surface area (Å²) in [6, 6.07) is 8.15. The topological polar surface area (TPSA) is 81.1 Å². The van der Waals surface area contributed by atoms with Crippen molar-refractivity contribution in [1.82, 2.24) is 14.3 Å². The highest BCUT2D eigenvalue weighted by atomic mass is 32.2. The second-order valence-electron chi connectivity index (χ2n) is 4.14. The second-order valence-corrected chi connectivity index (χ2v) is 5.89. The first-order valence-electron chi connectivity index (χ1n) is 5.57. The van der Waals surface area contributed by atoms with Gasteiger partial charge >= 0.3 is 0 Å². The maximum atomic E-state index is 10.1. The van der Waals surface area contributed by atoms with Crippen molar-refractivity contribution in [2.45, 2.75) is 13.8 Å². The first-order chi connectivity index (χ1) is 8.70. The maximum Gasteiger partial charge on any atom is 0.231 e. The number of carbonyl (C=O) groups excluding carboxylic acids is 1.